The van der Waals surface area contributed by atoms with Gasteiger partial charge in [-0.05, 0) is 25.3 Å². The first kappa shape index (κ1) is 15.0. The first-order chi connectivity index (χ1) is 8.56. The lowest BCUT2D eigenvalue weighted by Gasteiger charge is -2.12. The highest BCUT2D eigenvalue weighted by molar-refractivity contribution is 7.74. The lowest BCUT2D eigenvalue weighted by molar-refractivity contribution is 0.0821. The van der Waals surface area contributed by atoms with Gasteiger partial charge in [0, 0.05) is 5.56 Å². The average molecular weight is 270 g/mol. The van der Waals surface area contributed by atoms with Crippen molar-refractivity contribution in [2.45, 2.75) is 39.2 Å². The van der Waals surface area contributed by atoms with Crippen LogP contribution in [0.5, 0.6) is 0 Å². The van der Waals surface area contributed by atoms with Gasteiger partial charge in [-0.2, -0.15) is 4.21 Å². The molecule has 0 fully saturated rings. The quantitative estimate of drug-likeness (QED) is 0.611. The Balaban J connectivity index is 2.87. The number of ketones is 1. The van der Waals surface area contributed by atoms with Crippen LogP contribution in [-0.4, -0.2) is 20.6 Å². The molecule has 0 heterocycles. The van der Waals surface area contributed by atoms with E-state index in [4.69, 9.17) is 4.55 Å². The van der Waals surface area contributed by atoms with Crippen molar-refractivity contribution in [2.24, 2.45) is 0 Å². The molecule has 5 heteroatoms. The van der Waals surface area contributed by atoms with Crippen LogP contribution in [0.4, 0.5) is 0 Å². The Bertz CT molecular complexity index is 431. The minimum absolute atomic E-state index is 0.260. The van der Waals surface area contributed by atoms with Gasteiger partial charge in [0.25, 0.3) is 0 Å². The number of hydrogen-bond acceptors (Lipinski definition) is 3. The van der Waals surface area contributed by atoms with Crippen molar-refractivity contribution in [1.82, 2.24) is 0 Å². The monoisotopic (exact) mass is 270 g/mol. The van der Waals surface area contributed by atoms with Crippen molar-refractivity contribution in [3.05, 3.63) is 35.4 Å². The Morgan fingerprint density at radius 3 is 2.72 bits per heavy atom. The summed E-state index contributed by atoms with van der Waals surface area (Å²) in [5.41, 5.74) is 1.53. The molecule has 1 aromatic carbocycles. The van der Waals surface area contributed by atoms with E-state index >= 15 is 0 Å². The molecule has 2 unspecified atom stereocenters. The minimum Gasteiger partial charge on any atom is -0.291 e. The zero-order valence-corrected chi connectivity index (χ0v) is 11.4. The van der Waals surface area contributed by atoms with Crippen molar-refractivity contribution in [1.29, 1.82) is 0 Å². The smallest absolute Gasteiger partial charge is 0.291 e. The standard InChI is InChI=1S/C13H18O4S/c1-3-4-7-11-8-5-6-9-12(11)13(14)10(2)17-18(15)16/h5-6,8-10H,3-4,7H2,1-2H3,(H,15,16). The van der Waals surface area contributed by atoms with E-state index in [1.54, 1.807) is 12.1 Å². The highest BCUT2D eigenvalue weighted by Gasteiger charge is 2.20. The first-order valence-electron chi connectivity index (χ1n) is 5.96. The summed E-state index contributed by atoms with van der Waals surface area (Å²) in [5, 5.41) is 0. The van der Waals surface area contributed by atoms with Crippen molar-refractivity contribution in [2.75, 3.05) is 0 Å². The highest BCUT2D eigenvalue weighted by Crippen LogP contribution is 2.15. The molecule has 0 amide bonds. The average Bonchev–Trinajstić information content (AvgIpc) is 2.35. The van der Waals surface area contributed by atoms with Gasteiger partial charge in [0.1, 0.15) is 6.10 Å². The van der Waals surface area contributed by atoms with Crippen LogP contribution in [-0.2, 0) is 22.0 Å². The molecule has 0 aromatic heterocycles. The van der Waals surface area contributed by atoms with Crippen molar-refractivity contribution in [3.8, 4) is 0 Å². The summed E-state index contributed by atoms with van der Waals surface area (Å²) in [7, 11) is 0. The number of carbonyl (C=O) groups excluding carboxylic acids is 1. The molecule has 18 heavy (non-hydrogen) atoms. The third kappa shape index (κ3) is 4.33. The van der Waals surface area contributed by atoms with Crippen LogP contribution in [0.3, 0.4) is 0 Å². The summed E-state index contributed by atoms with van der Waals surface area (Å²) in [4.78, 5) is 12.1. The molecule has 1 rings (SSSR count). The second-order valence-corrected chi connectivity index (χ2v) is 4.71. The third-order valence-electron chi connectivity index (χ3n) is 2.68. The maximum Gasteiger partial charge on any atom is 0.302 e. The van der Waals surface area contributed by atoms with Gasteiger partial charge in [-0.1, -0.05) is 37.6 Å². The summed E-state index contributed by atoms with van der Waals surface area (Å²) >= 11 is -2.42. The maximum atomic E-state index is 12.1. The lowest BCUT2D eigenvalue weighted by Crippen LogP contribution is -2.23. The Kier molecular flexibility index (Phi) is 6.18. The molecule has 0 aliphatic carbocycles. The van der Waals surface area contributed by atoms with Crippen LogP contribution >= 0.6 is 0 Å². The molecule has 1 aromatic rings. The fraction of sp³-hybridized carbons (Fsp3) is 0.462. The zero-order chi connectivity index (χ0) is 13.5. The van der Waals surface area contributed by atoms with Gasteiger partial charge in [-0.3, -0.25) is 13.5 Å². The van der Waals surface area contributed by atoms with E-state index in [1.165, 1.54) is 6.92 Å². The largest absolute Gasteiger partial charge is 0.302 e. The normalized spacial score (nSPS) is 14.2. The second-order valence-electron chi connectivity index (χ2n) is 4.08. The van der Waals surface area contributed by atoms with E-state index in [-0.39, 0.29) is 5.78 Å². The van der Waals surface area contributed by atoms with Crippen LogP contribution in [0.1, 0.15) is 42.6 Å². The van der Waals surface area contributed by atoms with E-state index in [1.807, 2.05) is 12.1 Å². The molecule has 0 saturated heterocycles. The number of carbonyl (C=O) groups is 1. The van der Waals surface area contributed by atoms with E-state index in [0.717, 1.165) is 24.8 Å². The molecule has 100 valence electrons. The van der Waals surface area contributed by atoms with Crippen LogP contribution in [0, 0.1) is 0 Å². The predicted molar refractivity (Wildman–Crippen MR) is 70.7 cm³/mol. The molecule has 2 atom stereocenters. The summed E-state index contributed by atoms with van der Waals surface area (Å²) in [6.07, 6.45) is 1.97. The van der Waals surface area contributed by atoms with Gasteiger partial charge >= 0.3 is 11.4 Å². The van der Waals surface area contributed by atoms with E-state index < -0.39 is 17.5 Å². The van der Waals surface area contributed by atoms with E-state index in [9.17, 15) is 9.00 Å². The number of benzene rings is 1. The molecule has 0 radical (unpaired) electrons. The van der Waals surface area contributed by atoms with Gasteiger partial charge in [0.15, 0.2) is 5.78 Å². The molecule has 0 saturated carbocycles. The Morgan fingerprint density at radius 1 is 1.44 bits per heavy atom. The van der Waals surface area contributed by atoms with Gasteiger partial charge in [-0.15, -0.1) is 0 Å². The van der Waals surface area contributed by atoms with Gasteiger partial charge in [0.2, 0.25) is 0 Å². The fourth-order valence-electron chi connectivity index (χ4n) is 1.73. The van der Waals surface area contributed by atoms with Crippen molar-refractivity contribution in [3.63, 3.8) is 0 Å². The molecule has 0 aliphatic rings. The van der Waals surface area contributed by atoms with Crippen LogP contribution in [0.15, 0.2) is 24.3 Å². The molecule has 0 spiro atoms. The molecular weight excluding hydrogens is 252 g/mol. The third-order valence-corrected chi connectivity index (χ3v) is 3.13. The topological polar surface area (TPSA) is 63.6 Å². The Morgan fingerprint density at radius 2 is 2.11 bits per heavy atom. The molecule has 4 nitrogen and oxygen atoms in total. The summed E-state index contributed by atoms with van der Waals surface area (Å²) < 4.78 is 23.8. The van der Waals surface area contributed by atoms with Crippen molar-refractivity contribution < 1.29 is 17.7 Å². The summed E-state index contributed by atoms with van der Waals surface area (Å²) in [6.45, 7) is 3.57. The van der Waals surface area contributed by atoms with Gasteiger partial charge in [-0.25, -0.2) is 0 Å². The summed E-state index contributed by atoms with van der Waals surface area (Å²) in [5.74, 6) is -0.260. The number of unbranched alkanes of at least 4 members (excludes halogenated alkanes) is 1. The number of hydrogen-bond donors (Lipinski definition) is 1. The predicted octanol–water partition coefficient (Wildman–Crippen LogP) is 2.75. The molecule has 1 N–H and O–H groups in total. The van der Waals surface area contributed by atoms with E-state index in [2.05, 4.69) is 11.1 Å². The Labute approximate surface area is 110 Å². The molecule has 0 bridgehead atoms. The number of Topliss-reactive ketones (excluding diaryl/α,β-unsaturated/α-hetero) is 1. The van der Waals surface area contributed by atoms with Gasteiger partial charge in [0.05, 0.1) is 0 Å². The lowest BCUT2D eigenvalue weighted by atomic mass is 9.97. The highest BCUT2D eigenvalue weighted by atomic mass is 32.2. The second kappa shape index (κ2) is 7.41. The van der Waals surface area contributed by atoms with Crippen molar-refractivity contribution >= 4 is 17.1 Å². The fourth-order valence-corrected chi connectivity index (χ4v) is 2.07. The maximum absolute atomic E-state index is 12.1. The molecular formula is C13H18O4S. The van der Waals surface area contributed by atoms with E-state index in [0.29, 0.717) is 5.56 Å². The first-order valence-corrected chi connectivity index (χ1v) is 6.99. The Hall–Kier alpha value is -1.04. The van der Waals surface area contributed by atoms with Crippen LogP contribution < -0.4 is 0 Å². The number of aryl methyl sites for hydroxylation is 1. The van der Waals surface area contributed by atoms with Gasteiger partial charge < -0.3 is 0 Å². The number of rotatable bonds is 7. The zero-order valence-electron chi connectivity index (χ0n) is 10.6. The van der Waals surface area contributed by atoms with Crippen LogP contribution in [0.2, 0.25) is 0 Å². The summed E-state index contributed by atoms with van der Waals surface area (Å²) in [6, 6.07) is 7.31. The minimum atomic E-state index is -2.42. The molecule has 0 aliphatic heterocycles. The van der Waals surface area contributed by atoms with Crippen LogP contribution in [0.25, 0.3) is 0 Å². The SMILES string of the molecule is CCCCc1ccccc1C(=O)C(C)OS(=O)O.